The Morgan fingerprint density at radius 2 is 2.23 bits per heavy atom. The highest BCUT2D eigenvalue weighted by atomic mass is 79.9. The Morgan fingerprint density at radius 1 is 1.32 bits per heavy atom. The van der Waals surface area contributed by atoms with Crippen LogP contribution in [-0.4, -0.2) is 32.0 Å². The number of carbonyl (C=O) groups excluding carboxylic acids is 1. The van der Waals surface area contributed by atoms with Crippen LogP contribution < -0.4 is 5.32 Å². The maximum atomic E-state index is 12.0. The number of rotatable bonds is 6. The largest absolute Gasteiger partial charge is 0.454 e. The quantitative estimate of drug-likeness (QED) is 0.725. The van der Waals surface area contributed by atoms with Crippen molar-refractivity contribution in [3.8, 4) is 0 Å². The Bertz CT molecular complexity index is 747. The highest BCUT2D eigenvalue weighted by Crippen LogP contribution is 2.09. The van der Waals surface area contributed by atoms with Crippen LogP contribution in [-0.2, 0) is 13.1 Å². The van der Waals surface area contributed by atoms with Gasteiger partial charge >= 0.3 is 0 Å². The van der Waals surface area contributed by atoms with Crippen molar-refractivity contribution >= 4 is 21.8 Å². The molecule has 0 saturated heterocycles. The first-order valence-corrected chi connectivity index (χ1v) is 7.52. The van der Waals surface area contributed by atoms with Crippen molar-refractivity contribution < 1.29 is 9.21 Å². The second-order valence-electron chi connectivity index (χ2n) is 4.65. The summed E-state index contributed by atoms with van der Waals surface area (Å²) in [6, 6.07) is 5.28. The van der Waals surface area contributed by atoms with E-state index >= 15 is 0 Å². The molecular weight excluding hydrogens is 350 g/mol. The lowest BCUT2D eigenvalue weighted by atomic mass is 10.4. The van der Waals surface area contributed by atoms with E-state index < -0.39 is 0 Å². The lowest BCUT2D eigenvalue weighted by Crippen LogP contribution is -2.27. The molecule has 7 nitrogen and oxygen atoms in total. The Balaban J connectivity index is 1.50. The van der Waals surface area contributed by atoms with Crippen LogP contribution >= 0.6 is 15.9 Å². The molecule has 3 rings (SSSR count). The Hall–Kier alpha value is -2.35. The third-order valence-electron chi connectivity index (χ3n) is 2.99. The number of hydrogen-bond acceptors (Lipinski definition) is 4. The summed E-state index contributed by atoms with van der Waals surface area (Å²) in [5.41, 5.74) is 0. The van der Waals surface area contributed by atoms with Crippen molar-refractivity contribution in [1.82, 2.24) is 24.9 Å². The molecule has 0 saturated carbocycles. The van der Waals surface area contributed by atoms with Gasteiger partial charge in [0.15, 0.2) is 5.76 Å². The minimum atomic E-state index is -0.238. The van der Waals surface area contributed by atoms with Crippen LogP contribution in [0, 0.1) is 0 Å². The summed E-state index contributed by atoms with van der Waals surface area (Å²) in [5.74, 6) is 0.742. The van der Waals surface area contributed by atoms with E-state index in [1.54, 1.807) is 33.9 Å². The fourth-order valence-corrected chi connectivity index (χ4v) is 2.30. The van der Waals surface area contributed by atoms with Crippen molar-refractivity contribution in [2.24, 2.45) is 0 Å². The van der Waals surface area contributed by atoms with Gasteiger partial charge < -0.3 is 9.73 Å². The number of furan rings is 1. The van der Waals surface area contributed by atoms with Crippen LogP contribution in [0.4, 0.5) is 0 Å². The topological polar surface area (TPSA) is 77.9 Å². The molecule has 0 aromatic carbocycles. The molecule has 0 unspecified atom stereocenters. The van der Waals surface area contributed by atoms with Crippen molar-refractivity contribution in [3.05, 3.63) is 59.0 Å². The van der Waals surface area contributed by atoms with E-state index in [0.29, 0.717) is 31.2 Å². The summed E-state index contributed by atoms with van der Waals surface area (Å²) >= 11 is 3.32. The molecule has 0 aliphatic carbocycles. The van der Waals surface area contributed by atoms with Crippen LogP contribution in [0.1, 0.15) is 16.3 Å². The molecule has 22 heavy (non-hydrogen) atoms. The van der Waals surface area contributed by atoms with E-state index in [9.17, 15) is 4.79 Å². The molecule has 0 atom stereocenters. The molecule has 1 N–H and O–H groups in total. The van der Waals surface area contributed by atoms with Crippen molar-refractivity contribution in [1.29, 1.82) is 0 Å². The van der Waals surface area contributed by atoms with Gasteiger partial charge in [0.25, 0.3) is 5.91 Å². The van der Waals surface area contributed by atoms with Crippen molar-refractivity contribution in [2.75, 3.05) is 6.54 Å². The van der Waals surface area contributed by atoms with E-state index in [1.807, 2.05) is 18.5 Å². The Labute approximate surface area is 135 Å². The van der Waals surface area contributed by atoms with Gasteiger partial charge in [-0.3, -0.25) is 14.2 Å². The molecule has 0 aliphatic rings. The second kappa shape index (κ2) is 6.61. The zero-order valence-electron chi connectivity index (χ0n) is 11.6. The van der Waals surface area contributed by atoms with Crippen LogP contribution in [0.25, 0.3) is 0 Å². The predicted molar refractivity (Wildman–Crippen MR) is 82.3 cm³/mol. The molecule has 0 bridgehead atoms. The normalized spacial score (nSPS) is 10.8. The first kappa shape index (κ1) is 14.6. The summed E-state index contributed by atoms with van der Waals surface area (Å²) in [7, 11) is 0. The van der Waals surface area contributed by atoms with Gasteiger partial charge in [0.05, 0.1) is 23.8 Å². The molecular formula is C14H14BrN5O2. The fraction of sp³-hybridized carbons (Fsp3) is 0.214. The number of carbonyl (C=O) groups is 1. The van der Waals surface area contributed by atoms with Gasteiger partial charge in [0, 0.05) is 25.1 Å². The maximum absolute atomic E-state index is 12.0. The molecule has 3 aromatic rings. The molecule has 0 spiro atoms. The third kappa shape index (κ3) is 3.64. The van der Waals surface area contributed by atoms with Gasteiger partial charge in [-0.2, -0.15) is 10.2 Å². The Morgan fingerprint density at radius 3 is 2.95 bits per heavy atom. The maximum Gasteiger partial charge on any atom is 0.287 e. The van der Waals surface area contributed by atoms with Crippen LogP contribution in [0.5, 0.6) is 0 Å². The molecule has 3 heterocycles. The number of nitrogens with one attached hydrogen (secondary N) is 1. The number of amides is 1. The standard InChI is InChI=1S/C14H14BrN5O2/c15-11-8-18-20(9-11)7-5-16-14(21)13-3-2-12(22-13)10-19-6-1-4-17-19/h1-4,6,8-9H,5,7,10H2,(H,16,21). The number of hydrogen-bond donors (Lipinski definition) is 1. The number of aromatic nitrogens is 4. The SMILES string of the molecule is O=C(NCCn1cc(Br)cn1)c1ccc(Cn2cccn2)o1. The molecule has 3 aromatic heterocycles. The summed E-state index contributed by atoms with van der Waals surface area (Å²) in [6.07, 6.45) is 7.09. The monoisotopic (exact) mass is 363 g/mol. The average molecular weight is 364 g/mol. The highest BCUT2D eigenvalue weighted by Gasteiger charge is 2.11. The van der Waals surface area contributed by atoms with Crippen molar-refractivity contribution in [2.45, 2.75) is 13.1 Å². The zero-order valence-corrected chi connectivity index (χ0v) is 13.2. The Kier molecular flexibility index (Phi) is 4.38. The van der Waals surface area contributed by atoms with E-state index in [-0.39, 0.29) is 5.91 Å². The minimum absolute atomic E-state index is 0.238. The van der Waals surface area contributed by atoms with Crippen LogP contribution in [0.15, 0.2) is 51.9 Å². The van der Waals surface area contributed by atoms with E-state index in [1.165, 1.54) is 0 Å². The minimum Gasteiger partial charge on any atom is -0.454 e. The summed E-state index contributed by atoms with van der Waals surface area (Å²) in [4.78, 5) is 12.0. The molecule has 8 heteroatoms. The molecule has 0 fully saturated rings. The first-order chi connectivity index (χ1) is 10.7. The predicted octanol–water partition coefficient (Wildman–Crippen LogP) is 1.91. The summed E-state index contributed by atoms with van der Waals surface area (Å²) in [6.45, 7) is 1.57. The van der Waals surface area contributed by atoms with Crippen molar-refractivity contribution in [3.63, 3.8) is 0 Å². The average Bonchev–Trinajstić information content (AvgIpc) is 3.22. The van der Waals surface area contributed by atoms with Gasteiger partial charge in [-0.25, -0.2) is 0 Å². The summed E-state index contributed by atoms with van der Waals surface area (Å²) in [5, 5.41) is 11.0. The van der Waals surface area contributed by atoms with Gasteiger partial charge in [0.1, 0.15) is 5.76 Å². The smallest absolute Gasteiger partial charge is 0.287 e. The van der Waals surface area contributed by atoms with Gasteiger partial charge in [-0.15, -0.1) is 0 Å². The van der Waals surface area contributed by atoms with Gasteiger partial charge in [-0.1, -0.05) is 0 Å². The van der Waals surface area contributed by atoms with Gasteiger partial charge in [0.2, 0.25) is 0 Å². The molecule has 114 valence electrons. The lowest BCUT2D eigenvalue weighted by Gasteiger charge is -2.03. The first-order valence-electron chi connectivity index (χ1n) is 6.73. The zero-order chi connectivity index (χ0) is 15.4. The third-order valence-corrected chi connectivity index (χ3v) is 3.40. The molecule has 0 radical (unpaired) electrons. The second-order valence-corrected chi connectivity index (χ2v) is 5.56. The lowest BCUT2D eigenvalue weighted by molar-refractivity contribution is 0.0922. The number of halogens is 1. The van der Waals surface area contributed by atoms with Crippen LogP contribution in [0.3, 0.4) is 0 Å². The van der Waals surface area contributed by atoms with E-state index in [2.05, 4.69) is 31.4 Å². The van der Waals surface area contributed by atoms with E-state index in [0.717, 1.165) is 4.47 Å². The molecule has 1 amide bonds. The summed E-state index contributed by atoms with van der Waals surface area (Å²) < 4.78 is 9.91. The van der Waals surface area contributed by atoms with E-state index in [4.69, 9.17) is 4.42 Å². The fourth-order valence-electron chi connectivity index (χ4n) is 1.97. The molecule has 0 aliphatic heterocycles. The highest BCUT2D eigenvalue weighted by molar-refractivity contribution is 9.10. The van der Waals surface area contributed by atoms with Gasteiger partial charge in [-0.05, 0) is 34.1 Å². The van der Waals surface area contributed by atoms with Crippen LogP contribution in [0.2, 0.25) is 0 Å². The number of nitrogens with zero attached hydrogens (tertiary/aromatic N) is 4.